The molecule has 0 fully saturated rings. The molecule has 0 N–H and O–H groups in total. The Kier molecular flexibility index (Phi) is 4.83. The number of ether oxygens (including phenoxy) is 1. The molecule has 0 aromatic heterocycles. The molecule has 114 valence electrons. The van der Waals surface area contributed by atoms with Gasteiger partial charge in [0.05, 0.1) is 12.2 Å². The molecule has 1 aromatic carbocycles. The Morgan fingerprint density at radius 2 is 2.19 bits per heavy atom. The average molecular weight is 290 g/mol. The highest BCUT2D eigenvalue weighted by molar-refractivity contribution is 5.89. The molecule has 1 heterocycles. The maximum atomic E-state index is 12.3. The molecule has 21 heavy (non-hydrogen) atoms. The van der Waals surface area contributed by atoms with Gasteiger partial charge in [0.25, 0.3) is 0 Å². The van der Waals surface area contributed by atoms with Crippen molar-refractivity contribution in [2.24, 2.45) is 0 Å². The third kappa shape index (κ3) is 3.74. The summed E-state index contributed by atoms with van der Waals surface area (Å²) in [4.78, 5) is 27.4. The Balaban J connectivity index is 2.12. The van der Waals surface area contributed by atoms with Crippen LogP contribution in [-0.2, 0) is 9.59 Å². The Morgan fingerprint density at radius 3 is 2.90 bits per heavy atom. The second-order valence-electron chi connectivity index (χ2n) is 5.47. The highest BCUT2D eigenvalue weighted by Crippen LogP contribution is 2.32. The van der Waals surface area contributed by atoms with Crippen LogP contribution >= 0.6 is 0 Å². The fourth-order valence-electron chi connectivity index (χ4n) is 2.30. The Labute approximate surface area is 125 Å². The number of benzene rings is 1. The predicted octanol–water partition coefficient (Wildman–Crippen LogP) is 1.98. The van der Waals surface area contributed by atoms with E-state index in [2.05, 4.69) is 6.92 Å². The molecule has 0 unspecified atom stereocenters. The summed E-state index contributed by atoms with van der Waals surface area (Å²) in [5, 5.41) is 0. The van der Waals surface area contributed by atoms with Gasteiger partial charge in [0, 0.05) is 13.6 Å². The first-order chi connectivity index (χ1) is 10.0. The molecule has 1 aromatic rings. The Hall–Kier alpha value is -2.04. The summed E-state index contributed by atoms with van der Waals surface area (Å²) in [6, 6.07) is 5.62. The second kappa shape index (κ2) is 6.61. The molecule has 0 spiro atoms. The number of likely N-dealkylation sites (N-methyl/N-ethyl adjacent to an activating group) is 1. The molecule has 0 radical (unpaired) electrons. The van der Waals surface area contributed by atoms with Crippen LogP contribution < -0.4 is 9.64 Å². The zero-order chi connectivity index (χ0) is 15.4. The van der Waals surface area contributed by atoms with Crippen LogP contribution in [0.25, 0.3) is 0 Å². The normalized spacial score (nSPS) is 13.7. The van der Waals surface area contributed by atoms with Gasteiger partial charge in [-0.15, -0.1) is 0 Å². The minimum atomic E-state index is -0.324. The number of rotatable bonds is 5. The van der Waals surface area contributed by atoms with E-state index in [9.17, 15) is 9.59 Å². The topological polar surface area (TPSA) is 49.9 Å². The number of esters is 1. The molecule has 5 nitrogen and oxygen atoms in total. The van der Waals surface area contributed by atoms with Crippen molar-refractivity contribution in [2.75, 3.05) is 31.6 Å². The van der Waals surface area contributed by atoms with Crippen molar-refractivity contribution < 1.29 is 14.3 Å². The first kappa shape index (κ1) is 15.4. The standard InChI is InChI=1S/C16H22N2O3/c1-4-5-8-17(3)15(19)10-18-11-16(20)21-14-7-6-12(2)9-13(14)18/h6-7,9H,4-5,8,10-11H2,1-3H3. The van der Waals surface area contributed by atoms with Gasteiger partial charge in [-0.3, -0.25) is 4.79 Å². The van der Waals surface area contributed by atoms with Crippen LogP contribution in [0.15, 0.2) is 18.2 Å². The molecule has 0 aliphatic carbocycles. The SMILES string of the molecule is CCCCN(C)C(=O)CN1CC(=O)Oc2ccc(C)cc21. The molecular formula is C16H22N2O3. The summed E-state index contributed by atoms with van der Waals surface area (Å²) in [6.07, 6.45) is 2.04. The first-order valence-electron chi connectivity index (χ1n) is 7.31. The monoisotopic (exact) mass is 290 g/mol. The lowest BCUT2D eigenvalue weighted by molar-refractivity contribution is -0.133. The number of carbonyl (C=O) groups is 2. The molecule has 1 aliphatic rings. The van der Waals surface area contributed by atoms with Crippen molar-refractivity contribution in [3.63, 3.8) is 0 Å². The number of fused-ring (bicyclic) bond motifs is 1. The molecule has 2 rings (SSSR count). The van der Waals surface area contributed by atoms with Crippen LogP contribution in [0.3, 0.4) is 0 Å². The summed E-state index contributed by atoms with van der Waals surface area (Å²) >= 11 is 0. The number of amides is 1. The van der Waals surface area contributed by atoms with Gasteiger partial charge in [-0.2, -0.15) is 0 Å². The van der Waals surface area contributed by atoms with E-state index in [4.69, 9.17) is 4.74 Å². The number of unbranched alkanes of at least 4 members (excludes halogenated alkanes) is 1. The van der Waals surface area contributed by atoms with Crippen LogP contribution in [0.1, 0.15) is 25.3 Å². The molecule has 1 aliphatic heterocycles. The van der Waals surface area contributed by atoms with E-state index < -0.39 is 0 Å². The second-order valence-corrected chi connectivity index (χ2v) is 5.47. The summed E-state index contributed by atoms with van der Waals surface area (Å²) in [5.74, 6) is 0.224. The maximum absolute atomic E-state index is 12.3. The van der Waals surface area contributed by atoms with Crippen molar-refractivity contribution in [2.45, 2.75) is 26.7 Å². The maximum Gasteiger partial charge on any atom is 0.331 e. The lowest BCUT2D eigenvalue weighted by Gasteiger charge is -2.31. The van der Waals surface area contributed by atoms with Crippen LogP contribution in [0.4, 0.5) is 5.69 Å². The van der Waals surface area contributed by atoms with Gasteiger partial charge >= 0.3 is 5.97 Å². The van der Waals surface area contributed by atoms with Crippen molar-refractivity contribution in [3.8, 4) is 5.75 Å². The Bertz CT molecular complexity index is 542. The van der Waals surface area contributed by atoms with E-state index in [1.807, 2.05) is 19.1 Å². The number of hydrogen-bond donors (Lipinski definition) is 0. The molecule has 5 heteroatoms. The number of nitrogens with zero attached hydrogens (tertiary/aromatic N) is 2. The van der Waals surface area contributed by atoms with Gasteiger partial charge in [0.2, 0.25) is 5.91 Å². The summed E-state index contributed by atoms with van der Waals surface area (Å²) in [5.41, 5.74) is 1.88. The van der Waals surface area contributed by atoms with Crippen molar-refractivity contribution in [1.82, 2.24) is 4.90 Å². The van der Waals surface area contributed by atoms with Gasteiger partial charge in [-0.25, -0.2) is 4.79 Å². The van der Waals surface area contributed by atoms with E-state index in [0.717, 1.165) is 30.6 Å². The lowest BCUT2D eigenvalue weighted by Crippen LogP contribution is -2.44. The number of carbonyl (C=O) groups excluding carboxylic acids is 2. The number of aryl methyl sites for hydroxylation is 1. The quantitative estimate of drug-likeness (QED) is 0.614. The average Bonchev–Trinajstić information content (AvgIpc) is 2.45. The van der Waals surface area contributed by atoms with Gasteiger partial charge in [0.1, 0.15) is 6.54 Å². The molecule has 0 saturated heterocycles. The Morgan fingerprint density at radius 1 is 1.43 bits per heavy atom. The molecule has 1 amide bonds. The van der Waals surface area contributed by atoms with Crippen molar-refractivity contribution in [1.29, 1.82) is 0 Å². The van der Waals surface area contributed by atoms with Crippen LogP contribution in [0, 0.1) is 6.92 Å². The van der Waals surface area contributed by atoms with Gasteiger partial charge in [-0.1, -0.05) is 19.4 Å². The van der Waals surface area contributed by atoms with E-state index in [-0.39, 0.29) is 25.0 Å². The fraction of sp³-hybridized carbons (Fsp3) is 0.500. The van der Waals surface area contributed by atoms with Gasteiger partial charge in [0.15, 0.2) is 5.75 Å². The fourth-order valence-corrected chi connectivity index (χ4v) is 2.30. The zero-order valence-corrected chi connectivity index (χ0v) is 12.9. The molecular weight excluding hydrogens is 268 g/mol. The van der Waals surface area contributed by atoms with Gasteiger partial charge in [-0.05, 0) is 31.0 Å². The van der Waals surface area contributed by atoms with Crippen molar-refractivity contribution >= 4 is 17.6 Å². The highest BCUT2D eigenvalue weighted by Gasteiger charge is 2.26. The van der Waals surface area contributed by atoms with E-state index >= 15 is 0 Å². The van der Waals surface area contributed by atoms with E-state index in [1.165, 1.54) is 0 Å². The van der Waals surface area contributed by atoms with E-state index in [0.29, 0.717) is 5.75 Å². The first-order valence-corrected chi connectivity index (χ1v) is 7.31. The molecule has 0 saturated carbocycles. The largest absolute Gasteiger partial charge is 0.423 e. The molecule has 0 bridgehead atoms. The summed E-state index contributed by atoms with van der Waals surface area (Å²) < 4.78 is 5.22. The zero-order valence-electron chi connectivity index (χ0n) is 12.9. The van der Waals surface area contributed by atoms with Crippen molar-refractivity contribution in [3.05, 3.63) is 23.8 Å². The smallest absolute Gasteiger partial charge is 0.331 e. The minimum absolute atomic E-state index is 0.0191. The summed E-state index contributed by atoms with van der Waals surface area (Å²) in [6.45, 7) is 5.13. The number of hydrogen-bond acceptors (Lipinski definition) is 4. The third-order valence-corrected chi connectivity index (χ3v) is 3.60. The summed E-state index contributed by atoms with van der Waals surface area (Å²) in [7, 11) is 1.80. The van der Waals surface area contributed by atoms with Crippen LogP contribution in [0.5, 0.6) is 5.75 Å². The third-order valence-electron chi connectivity index (χ3n) is 3.60. The van der Waals surface area contributed by atoms with Crippen LogP contribution in [0.2, 0.25) is 0 Å². The highest BCUT2D eigenvalue weighted by atomic mass is 16.5. The minimum Gasteiger partial charge on any atom is -0.423 e. The molecule has 0 atom stereocenters. The van der Waals surface area contributed by atoms with E-state index in [1.54, 1.807) is 22.9 Å². The van der Waals surface area contributed by atoms with Gasteiger partial charge < -0.3 is 14.5 Å². The predicted molar refractivity (Wildman–Crippen MR) is 81.6 cm³/mol. The lowest BCUT2D eigenvalue weighted by atomic mass is 10.1. The number of anilines is 1. The van der Waals surface area contributed by atoms with Crippen LogP contribution in [-0.4, -0.2) is 43.5 Å².